The van der Waals surface area contributed by atoms with Gasteiger partial charge in [0.15, 0.2) is 5.78 Å². The zero-order valence-electron chi connectivity index (χ0n) is 11.2. The molecule has 0 saturated heterocycles. The minimum atomic E-state index is 0.0908. The van der Waals surface area contributed by atoms with Crippen LogP contribution in [0.4, 0.5) is 0 Å². The van der Waals surface area contributed by atoms with Crippen molar-refractivity contribution in [3.05, 3.63) is 18.0 Å². The molecule has 1 aromatic rings. The Bertz CT molecular complexity index is 349. The van der Waals surface area contributed by atoms with Crippen LogP contribution in [0, 0.1) is 0 Å². The molecule has 0 fully saturated rings. The quantitative estimate of drug-likeness (QED) is 0.368. The molecule has 0 radical (unpaired) electrons. The number of aryl methyl sites for hydroxylation is 1. The minimum Gasteiger partial charge on any atom is -0.294 e. The van der Waals surface area contributed by atoms with E-state index in [-0.39, 0.29) is 5.78 Å². The molecule has 0 N–H and O–H groups in total. The molecule has 0 amide bonds. The number of unbranched alkanes of at least 4 members (excludes halogenated alkanes) is 6. The van der Waals surface area contributed by atoms with Crippen molar-refractivity contribution >= 4 is 21.7 Å². The number of carbonyl (C=O) groups excluding carboxylic acids is 1. The maximum absolute atomic E-state index is 11.1. The Labute approximate surface area is 118 Å². The molecule has 0 aliphatic rings. The lowest BCUT2D eigenvalue weighted by molar-refractivity contribution is 0.101. The van der Waals surface area contributed by atoms with Gasteiger partial charge >= 0.3 is 0 Å². The van der Waals surface area contributed by atoms with Gasteiger partial charge in [-0.2, -0.15) is 5.10 Å². The van der Waals surface area contributed by atoms with Crippen molar-refractivity contribution < 1.29 is 4.79 Å². The number of rotatable bonds is 10. The minimum absolute atomic E-state index is 0.0908. The molecule has 4 heteroatoms. The van der Waals surface area contributed by atoms with Crippen LogP contribution in [0.5, 0.6) is 0 Å². The first-order valence-corrected chi connectivity index (χ1v) is 7.95. The summed E-state index contributed by atoms with van der Waals surface area (Å²) in [6.45, 7) is 2.50. The molecule has 0 aliphatic heterocycles. The van der Waals surface area contributed by atoms with Gasteiger partial charge in [0.25, 0.3) is 0 Å². The Morgan fingerprint density at radius 3 is 2.33 bits per heavy atom. The third kappa shape index (κ3) is 6.34. The fourth-order valence-electron chi connectivity index (χ4n) is 1.92. The van der Waals surface area contributed by atoms with E-state index < -0.39 is 0 Å². The molecule has 3 nitrogen and oxygen atoms in total. The van der Waals surface area contributed by atoms with E-state index >= 15 is 0 Å². The summed E-state index contributed by atoms with van der Waals surface area (Å²) < 4.78 is 1.88. The van der Waals surface area contributed by atoms with E-state index in [1.165, 1.54) is 38.5 Å². The van der Waals surface area contributed by atoms with Crippen molar-refractivity contribution in [2.24, 2.45) is 0 Å². The highest BCUT2D eigenvalue weighted by Crippen LogP contribution is 2.09. The van der Waals surface area contributed by atoms with Crippen molar-refractivity contribution in [3.63, 3.8) is 0 Å². The average Bonchev–Trinajstić information content (AvgIpc) is 2.81. The largest absolute Gasteiger partial charge is 0.294 e. The summed E-state index contributed by atoms with van der Waals surface area (Å²) in [6, 6.07) is 0. The number of hydrogen-bond acceptors (Lipinski definition) is 2. The van der Waals surface area contributed by atoms with E-state index in [0.29, 0.717) is 5.56 Å². The molecule has 0 saturated carbocycles. The summed E-state index contributed by atoms with van der Waals surface area (Å²) in [4.78, 5) is 11.1. The molecular formula is C14H23BrN2O. The first kappa shape index (κ1) is 15.4. The molecule has 0 atom stereocenters. The summed E-state index contributed by atoms with van der Waals surface area (Å²) in [5.41, 5.74) is 0.713. The zero-order chi connectivity index (χ0) is 13.2. The molecule has 1 rings (SSSR count). The van der Waals surface area contributed by atoms with E-state index in [9.17, 15) is 4.79 Å². The van der Waals surface area contributed by atoms with Crippen molar-refractivity contribution in [2.75, 3.05) is 5.33 Å². The van der Waals surface area contributed by atoms with E-state index in [4.69, 9.17) is 0 Å². The normalized spacial score (nSPS) is 10.8. The molecule has 18 heavy (non-hydrogen) atoms. The van der Waals surface area contributed by atoms with Crippen molar-refractivity contribution in [1.82, 2.24) is 9.78 Å². The Hall–Kier alpha value is -0.640. The van der Waals surface area contributed by atoms with Crippen molar-refractivity contribution in [1.29, 1.82) is 0 Å². The van der Waals surface area contributed by atoms with E-state index in [2.05, 4.69) is 21.0 Å². The Kier molecular flexibility index (Phi) is 7.98. The summed E-state index contributed by atoms with van der Waals surface area (Å²) in [7, 11) is 0. The summed E-state index contributed by atoms with van der Waals surface area (Å²) in [5, 5.41) is 5.32. The topological polar surface area (TPSA) is 34.9 Å². The highest BCUT2D eigenvalue weighted by Gasteiger charge is 2.02. The van der Waals surface area contributed by atoms with Gasteiger partial charge in [-0.25, -0.2) is 0 Å². The third-order valence-corrected chi connectivity index (χ3v) is 3.62. The zero-order valence-corrected chi connectivity index (χ0v) is 12.8. The van der Waals surface area contributed by atoms with Crippen LogP contribution < -0.4 is 0 Å². The molecule has 0 aromatic carbocycles. The smallest absolute Gasteiger partial charge is 0.162 e. The molecule has 1 aromatic heterocycles. The van der Waals surface area contributed by atoms with E-state index in [0.717, 1.165) is 18.3 Å². The number of alkyl halides is 1. The highest BCUT2D eigenvalue weighted by molar-refractivity contribution is 9.09. The number of Topliss-reactive ketones (excluding diaryl/α,β-unsaturated/α-hetero) is 1. The summed E-state index contributed by atoms with van der Waals surface area (Å²) in [5.74, 6) is 0.0908. The van der Waals surface area contributed by atoms with Crippen LogP contribution in [0.1, 0.15) is 62.2 Å². The lowest BCUT2D eigenvalue weighted by Crippen LogP contribution is -1.98. The van der Waals surface area contributed by atoms with Crippen molar-refractivity contribution in [2.45, 2.75) is 58.4 Å². The van der Waals surface area contributed by atoms with E-state index in [1.807, 2.05) is 10.9 Å². The second-order valence-corrected chi connectivity index (χ2v) is 5.51. The monoisotopic (exact) mass is 314 g/mol. The molecule has 102 valence electrons. The first-order valence-electron chi connectivity index (χ1n) is 6.83. The van der Waals surface area contributed by atoms with Crippen LogP contribution in [0.25, 0.3) is 0 Å². The first-order chi connectivity index (χ1) is 8.74. The van der Waals surface area contributed by atoms with Gasteiger partial charge in [-0.15, -0.1) is 0 Å². The van der Waals surface area contributed by atoms with Crippen LogP contribution in [0.15, 0.2) is 12.4 Å². The van der Waals surface area contributed by atoms with Gasteiger partial charge in [0, 0.05) is 18.1 Å². The fraction of sp³-hybridized carbons (Fsp3) is 0.714. The highest BCUT2D eigenvalue weighted by atomic mass is 79.9. The number of nitrogens with zero attached hydrogens (tertiary/aromatic N) is 2. The van der Waals surface area contributed by atoms with Crippen LogP contribution in [0.2, 0.25) is 0 Å². The Morgan fingerprint density at radius 1 is 1.17 bits per heavy atom. The molecule has 1 heterocycles. The van der Waals surface area contributed by atoms with Gasteiger partial charge in [-0.1, -0.05) is 48.0 Å². The van der Waals surface area contributed by atoms with Gasteiger partial charge in [-0.05, 0) is 19.8 Å². The fourth-order valence-corrected chi connectivity index (χ4v) is 2.32. The number of hydrogen-bond donors (Lipinski definition) is 0. The molecule has 0 bridgehead atoms. The molecule has 0 unspecified atom stereocenters. The van der Waals surface area contributed by atoms with Gasteiger partial charge < -0.3 is 0 Å². The Balaban J connectivity index is 2.02. The second kappa shape index (κ2) is 9.31. The summed E-state index contributed by atoms with van der Waals surface area (Å²) >= 11 is 3.45. The molecule has 0 aliphatic carbocycles. The maximum Gasteiger partial charge on any atom is 0.162 e. The number of aromatic nitrogens is 2. The summed E-state index contributed by atoms with van der Waals surface area (Å²) in [6.07, 6.45) is 12.5. The predicted molar refractivity (Wildman–Crippen MR) is 78.3 cm³/mol. The third-order valence-electron chi connectivity index (χ3n) is 3.06. The van der Waals surface area contributed by atoms with E-state index in [1.54, 1.807) is 13.1 Å². The number of halogens is 1. The SMILES string of the molecule is CC(=O)c1cnn(CCCCCCCCCBr)c1. The predicted octanol–water partition coefficient (Wildman–Crippen LogP) is 4.21. The molecule has 0 spiro atoms. The standard InChI is InChI=1S/C14H23BrN2O/c1-13(18)14-11-16-17(12-14)10-8-6-4-2-3-5-7-9-15/h11-12H,2-10H2,1H3. The van der Waals surface area contributed by atoms with Crippen LogP contribution >= 0.6 is 15.9 Å². The van der Waals surface area contributed by atoms with Crippen LogP contribution in [0.3, 0.4) is 0 Å². The van der Waals surface area contributed by atoms with Crippen LogP contribution in [-0.2, 0) is 6.54 Å². The lowest BCUT2D eigenvalue weighted by atomic mass is 10.1. The number of ketones is 1. The van der Waals surface area contributed by atoms with Gasteiger partial charge in [-0.3, -0.25) is 9.48 Å². The number of carbonyl (C=O) groups is 1. The lowest BCUT2D eigenvalue weighted by Gasteiger charge is -2.02. The second-order valence-electron chi connectivity index (χ2n) is 4.71. The van der Waals surface area contributed by atoms with Crippen LogP contribution in [-0.4, -0.2) is 20.9 Å². The van der Waals surface area contributed by atoms with Gasteiger partial charge in [0.2, 0.25) is 0 Å². The maximum atomic E-state index is 11.1. The average molecular weight is 315 g/mol. The Morgan fingerprint density at radius 2 is 1.78 bits per heavy atom. The van der Waals surface area contributed by atoms with Gasteiger partial charge in [0.1, 0.15) is 0 Å². The molecular weight excluding hydrogens is 292 g/mol. The van der Waals surface area contributed by atoms with Gasteiger partial charge in [0.05, 0.1) is 11.8 Å². The van der Waals surface area contributed by atoms with Crippen molar-refractivity contribution in [3.8, 4) is 0 Å².